The minimum absolute atomic E-state index is 0.0904. The number of fused-ring (bicyclic) bond motifs is 1. The standard InChI is InChI=1S/C20H25N5O2/c1-3-4-8-15-14(2)23-13-17(15)20(26)22-12-7-11-21-19-16-9-5-6-10-18(16)27-25-24-19/h5-6,8-10,13,23,25H,2-4,7,11-12H2,1H3,(H,21,24)(H,22,26). The highest BCUT2D eigenvalue weighted by Gasteiger charge is 2.15. The Morgan fingerprint density at radius 3 is 3.07 bits per heavy atom. The Bertz CT molecular complexity index is 932. The molecule has 1 aliphatic rings. The maximum atomic E-state index is 12.4. The third-order valence-electron chi connectivity index (χ3n) is 4.25. The molecule has 142 valence electrons. The van der Waals surface area contributed by atoms with E-state index >= 15 is 0 Å². The monoisotopic (exact) mass is 367 g/mol. The number of benzene rings is 1. The highest BCUT2D eigenvalue weighted by molar-refractivity contribution is 6.01. The molecule has 0 fully saturated rings. The number of rotatable bonds is 7. The molecule has 1 aromatic heterocycles. The molecular formula is C20H25N5O2. The van der Waals surface area contributed by atoms with Crippen molar-refractivity contribution in [3.05, 3.63) is 52.2 Å². The number of carbonyl (C=O) groups is 1. The molecule has 0 unspecified atom stereocenters. The van der Waals surface area contributed by atoms with E-state index in [0.717, 1.165) is 47.0 Å². The van der Waals surface area contributed by atoms with Crippen LogP contribution < -0.4 is 31.7 Å². The van der Waals surface area contributed by atoms with Gasteiger partial charge >= 0.3 is 0 Å². The fraction of sp³-hybridized carbons (Fsp3) is 0.300. The first-order chi connectivity index (χ1) is 13.2. The zero-order chi connectivity index (χ0) is 19.1. The van der Waals surface area contributed by atoms with Gasteiger partial charge in [-0.1, -0.05) is 43.7 Å². The molecule has 0 spiro atoms. The summed E-state index contributed by atoms with van der Waals surface area (Å²) >= 11 is 0. The fourth-order valence-corrected chi connectivity index (χ4v) is 2.83. The molecule has 0 aliphatic carbocycles. The molecule has 3 rings (SSSR count). The molecule has 27 heavy (non-hydrogen) atoms. The van der Waals surface area contributed by atoms with Crippen molar-refractivity contribution in [1.29, 1.82) is 0 Å². The van der Waals surface area contributed by atoms with Gasteiger partial charge in [0, 0.05) is 29.9 Å². The molecule has 1 aromatic carbocycles. The number of amides is 1. The van der Waals surface area contributed by atoms with Crippen molar-refractivity contribution in [3.8, 4) is 5.75 Å². The largest absolute Gasteiger partial charge is 0.388 e. The Kier molecular flexibility index (Phi) is 6.27. The lowest BCUT2D eigenvalue weighted by Gasteiger charge is -2.20. The molecule has 1 aliphatic heterocycles. The number of amidine groups is 1. The summed E-state index contributed by atoms with van der Waals surface area (Å²) < 4.78 is 0. The van der Waals surface area contributed by atoms with Gasteiger partial charge in [-0.15, -0.1) is 0 Å². The van der Waals surface area contributed by atoms with Crippen LogP contribution in [0, 0.1) is 0 Å². The Morgan fingerprint density at radius 1 is 1.37 bits per heavy atom. The number of hydrazine groups is 1. The molecular weight excluding hydrogens is 342 g/mol. The first-order valence-corrected chi connectivity index (χ1v) is 9.17. The number of nitrogens with zero attached hydrogens (tertiary/aromatic N) is 1. The number of hydrogen-bond acceptors (Lipinski definition) is 4. The lowest BCUT2D eigenvalue weighted by molar-refractivity contribution is 0.0952. The van der Waals surface area contributed by atoms with E-state index in [4.69, 9.17) is 4.84 Å². The maximum Gasteiger partial charge on any atom is 0.253 e. The molecule has 7 heteroatoms. The van der Waals surface area contributed by atoms with E-state index in [2.05, 4.69) is 45.9 Å². The zero-order valence-corrected chi connectivity index (χ0v) is 15.5. The van der Waals surface area contributed by atoms with Gasteiger partial charge in [0.2, 0.25) is 0 Å². The summed E-state index contributed by atoms with van der Waals surface area (Å²) in [5.41, 5.74) is 7.09. The van der Waals surface area contributed by atoms with Gasteiger partial charge < -0.3 is 15.1 Å². The number of para-hydroxylation sites is 1. The lowest BCUT2D eigenvalue weighted by Crippen LogP contribution is -2.44. The summed E-state index contributed by atoms with van der Waals surface area (Å²) in [6, 6.07) is 7.66. The summed E-state index contributed by atoms with van der Waals surface area (Å²) in [6.07, 6.45) is 6.46. The van der Waals surface area contributed by atoms with Crippen LogP contribution in [0.1, 0.15) is 42.1 Å². The first-order valence-electron chi connectivity index (χ1n) is 9.17. The smallest absolute Gasteiger partial charge is 0.253 e. The van der Waals surface area contributed by atoms with Crippen LogP contribution in [0.3, 0.4) is 0 Å². The molecule has 1 amide bonds. The molecule has 0 bridgehead atoms. The molecule has 0 atom stereocenters. The van der Waals surface area contributed by atoms with Crippen molar-refractivity contribution < 1.29 is 9.63 Å². The zero-order valence-electron chi connectivity index (χ0n) is 15.5. The number of nitrogens with one attached hydrogen (secondary N) is 4. The topological polar surface area (TPSA) is 90.5 Å². The van der Waals surface area contributed by atoms with Crippen LogP contribution in [0.25, 0.3) is 12.7 Å². The van der Waals surface area contributed by atoms with Crippen molar-refractivity contribution in [2.75, 3.05) is 13.1 Å². The fourth-order valence-electron chi connectivity index (χ4n) is 2.83. The summed E-state index contributed by atoms with van der Waals surface area (Å²) in [5.74, 6) is 1.37. The minimum atomic E-state index is -0.0904. The number of unbranched alkanes of at least 4 members (excludes halogenated alkanes) is 1. The van der Waals surface area contributed by atoms with Gasteiger partial charge in [-0.05, 0) is 25.0 Å². The van der Waals surface area contributed by atoms with Crippen LogP contribution in [-0.2, 0) is 0 Å². The second-order valence-electron chi connectivity index (χ2n) is 6.25. The Balaban J connectivity index is 1.53. The van der Waals surface area contributed by atoms with E-state index in [1.54, 1.807) is 6.20 Å². The van der Waals surface area contributed by atoms with Crippen LogP contribution in [0.5, 0.6) is 5.75 Å². The van der Waals surface area contributed by atoms with Crippen molar-refractivity contribution in [2.24, 2.45) is 4.99 Å². The molecule has 2 heterocycles. The second kappa shape index (κ2) is 9.05. The number of carbonyl (C=O) groups excluding carboxylic acids is 1. The van der Waals surface area contributed by atoms with Crippen LogP contribution >= 0.6 is 0 Å². The van der Waals surface area contributed by atoms with E-state index in [9.17, 15) is 4.79 Å². The van der Waals surface area contributed by atoms with Gasteiger partial charge in [0.05, 0.1) is 11.1 Å². The van der Waals surface area contributed by atoms with Gasteiger partial charge in [-0.3, -0.25) is 15.2 Å². The number of H-pyrrole nitrogens is 1. The molecule has 2 aromatic rings. The van der Waals surface area contributed by atoms with E-state index in [1.165, 1.54) is 0 Å². The highest BCUT2D eigenvalue weighted by Crippen LogP contribution is 2.19. The lowest BCUT2D eigenvalue weighted by atomic mass is 10.2. The quantitative estimate of drug-likeness (QED) is 0.549. The molecule has 0 saturated carbocycles. The minimum Gasteiger partial charge on any atom is -0.388 e. The summed E-state index contributed by atoms with van der Waals surface area (Å²) in [5, 5.41) is 4.62. The van der Waals surface area contributed by atoms with E-state index in [-0.39, 0.29) is 5.91 Å². The van der Waals surface area contributed by atoms with E-state index in [1.807, 2.05) is 24.3 Å². The van der Waals surface area contributed by atoms with Gasteiger partial charge in [0.25, 0.3) is 5.91 Å². The van der Waals surface area contributed by atoms with Gasteiger partial charge in [0.1, 0.15) is 5.84 Å². The normalized spacial score (nSPS) is 15.1. The van der Waals surface area contributed by atoms with Crippen molar-refractivity contribution in [1.82, 2.24) is 21.3 Å². The van der Waals surface area contributed by atoms with Crippen LogP contribution in [0.4, 0.5) is 0 Å². The summed E-state index contributed by atoms with van der Waals surface area (Å²) in [6.45, 7) is 7.19. The van der Waals surface area contributed by atoms with Crippen molar-refractivity contribution in [3.63, 3.8) is 0 Å². The third kappa shape index (κ3) is 4.57. The predicted octanol–water partition coefficient (Wildman–Crippen LogP) is 0.974. The van der Waals surface area contributed by atoms with E-state index < -0.39 is 0 Å². The molecule has 4 N–H and O–H groups in total. The average molecular weight is 367 g/mol. The Hall–Kier alpha value is -3.06. The highest BCUT2D eigenvalue weighted by atomic mass is 16.7. The van der Waals surface area contributed by atoms with Crippen LogP contribution in [0.15, 0.2) is 35.5 Å². The molecule has 0 saturated heterocycles. The molecule has 7 nitrogen and oxygen atoms in total. The van der Waals surface area contributed by atoms with Crippen molar-refractivity contribution in [2.45, 2.75) is 26.2 Å². The first kappa shape index (κ1) is 18.7. The van der Waals surface area contributed by atoms with Crippen LogP contribution in [-0.4, -0.2) is 29.8 Å². The SMILES string of the molecule is C=c1[nH]cc(C(=O)NCCCN=C2NNOc3ccccc32)c1=CCCC. The van der Waals surface area contributed by atoms with E-state index in [0.29, 0.717) is 18.7 Å². The van der Waals surface area contributed by atoms with Gasteiger partial charge in [0.15, 0.2) is 5.75 Å². The second-order valence-corrected chi connectivity index (χ2v) is 6.25. The summed E-state index contributed by atoms with van der Waals surface area (Å²) in [7, 11) is 0. The maximum absolute atomic E-state index is 12.4. The Labute approximate surface area is 158 Å². The van der Waals surface area contributed by atoms with Gasteiger partial charge in [-0.2, -0.15) is 0 Å². The number of aliphatic imine (C=N–C) groups is 1. The van der Waals surface area contributed by atoms with Crippen molar-refractivity contribution >= 4 is 24.4 Å². The van der Waals surface area contributed by atoms with Crippen LogP contribution in [0.2, 0.25) is 0 Å². The number of hydrogen-bond donors (Lipinski definition) is 4. The molecule has 0 radical (unpaired) electrons. The Morgan fingerprint density at radius 2 is 2.22 bits per heavy atom. The average Bonchev–Trinajstić information content (AvgIpc) is 3.06. The number of aromatic amines is 1. The number of aromatic nitrogens is 1. The predicted molar refractivity (Wildman–Crippen MR) is 107 cm³/mol. The van der Waals surface area contributed by atoms with Gasteiger partial charge in [-0.25, -0.2) is 0 Å². The third-order valence-corrected chi connectivity index (χ3v) is 4.25. The summed E-state index contributed by atoms with van der Waals surface area (Å²) in [4.78, 5) is 25.3.